The van der Waals surface area contributed by atoms with Gasteiger partial charge in [-0.3, -0.25) is 9.89 Å². The van der Waals surface area contributed by atoms with E-state index < -0.39 is 0 Å². The van der Waals surface area contributed by atoms with Gasteiger partial charge in [0.05, 0.1) is 26.4 Å². The van der Waals surface area contributed by atoms with E-state index in [9.17, 15) is 0 Å². The summed E-state index contributed by atoms with van der Waals surface area (Å²) in [5, 5.41) is 6.91. The first-order chi connectivity index (χ1) is 14.2. The molecule has 1 unspecified atom stereocenters. The fourth-order valence-electron chi connectivity index (χ4n) is 3.61. The molecule has 30 heavy (non-hydrogen) atoms. The van der Waals surface area contributed by atoms with Crippen LogP contribution in [0.4, 0.5) is 0 Å². The number of morpholine rings is 1. The van der Waals surface area contributed by atoms with Crippen LogP contribution in [0.1, 0.15) is 22.7 Å². The van der Waals surface area contributed by atoms with Gasteiger partial charge in [0.2, 0.25) is 0 Å². The summed E-state index contributed by atoms with van der Waals surface area (Å²) in [4.78, 5) is 6.88. The Hall–Kier alpha value is -1.84. The number of benzene rings is 2. The largest absolute Gasteiger partial charge is 0.497 e. The van der Waals surface area contributed by atoms with E-state index in [0.717, 1.165) is 50.1 Å². The Morgan fingerprint density at radius 1 is 1.13 bits per heavy atom. The predicted octanol–water partition coefficient (Wildman–Crippen LogP) is 3.36. The van der Waals surface area contributed by atoms with Crippen molar-refractivity contribution < 1.29 is 9.47 Å². The Bertz CT molecular complexity index is 809. The second-order valence-corrected chi connectivity index (χ2v) is 7.24. The van der Waals surface area contributed by atoms with Crippen molar-refractivity contribution in [3.8, 4) is 5.75 Å². The molecule has 0 spiro atoms. The Labute approximate surface area is 197 Å². The Morgan fingerprint density at radius 3 is 2.60 bits per heavy atom. The van der Waals surface area contributed by atoms with Gasteiger partial charge >= 0.3 is 0 Å². The molecular weight excluding hydrogens is 491 g/mol. The predicted molar refractivity (Wildman–Crippen MR) is 133 cm³/mol. The fraction of sp³-hybridized carbons (Fsp3) is 0.435. The van der Waals surface area contributed by atoms with Crippen molar-refractivity contribution in [1.82, 2.24) is 15.5 Å². The van der Waals surface area contributed by atoms with E-state index in [0.29, 0.717) is 6.54 Å². The lowest BCUT2D eigenvalue weighted by Crippen LogP contribution is -2.46. The number of halogens is 1. The highest BCUT2D eigenvalue weighted by atomic mass is 127. The van der Waals surface area contributed by atoms with Crippen molar-refractivity contribution in [2.45, 2.75) is 19.5 Å². The van der Waals surface area contributed by atoms with Crippen LogP contribution in [0.25, 0.3) is 0 Å². The van der Waals surface area contributed by atoms with Gasteiger partial charge in [-0.2, -0.15) is 0 Å². The molecule has 3 rings (SSSR count). The summed E-state index contributed by atoms with van der Waals surface area (Å²) in [7, 11) is 3.49. The van der Waals surface area contributed by atoms with Gasteiger partial charge in [0.15, 0.2) is 5.96 Å². The average molecular weight is 524 g/mol. The van der Waals surface area contributed by atoms with Gasteiger partial charge in [0.1, 0.15) is 5.75 Å². The minimum Gasteiger partial charge on any atom is -0.497 e. The molecule has 6 nitrogen and oxygen atoms in total. The number of rotatable bonds is 7. The molecule has 1 fully saturated rings. The number of hydrogen-bond acceptors (Lipinski definition) is 4. The second kappa shape index (κ2) is 12.8. The molecule has 1 saturated heterocycles. The Balaban J connectivity index is 0.00000320. The van der Waals surface area contributed by atoms with Gasteiger partial charge in [0, 0.05) is 33.2 Å². The molecule has 0 saturated carbocycles. The summed E-state index contributed by atoms with van der Waals surface area (Å²) in [5.41, 5.74) is 3.75. The van der Waals surface area contributed by atoms with Gasteiger partial charge in [-0.25, -0.2) is 0 Å². The van der Waals surface area contributed by atoms with E-state index in [1.54, 1.807) is 14.2 Å². The third-order valence-electron chi connectivity index (χ3n) is 5.19. The second-order valence-electron chi connectivity index (χ2n) is 7.24. The molecule has 2 aromatic carbocycles. The summed E-state index contributed by atoms with van der Waals surface area (Å²) in [5.74, 6) is 1.65. The fourth-order valence-corrected chi connectivity index (χ4v) is 3.61. The summed E-state index contributed by atoms with van der Waals surface area (Å²) < 4.78 is 10.9. The Morgan fingerprint density at radius 2 is 1.90 bits per heavy atom. The highest BCUT2D eigenvalue weighted by molar-refractivity contribution is 14.0. The molecule has 0 bridgehead atoms. The van der Waals surface area contributed by atoms with Gasteiger partial charge in [-0.15, -0.1) is 24.0 Å². The van der Waals surface area contributed by atoms with Crippen LogP contribution in [0.2, 0.25) is 0 Å². The third-order valence-corrected chi connectivity index (χ3v) is 5.19. The molecule has 2 aromatic rings. The number of nitrogens with one attached hydrogen (secondary N) is 2. The first-order valence-electron chi connectivity index (χ1n) is 10.2. The third kappa shape index (κ3) is 7.14. The molecule has 7 heteroatoms. The molecule has 164 valence electrons. The van der Waals surface area contributed by atoms with E-state index in [2.05, 4.69) is 57.8 Å². The van der Waals surface area contributed by atoms with Crippen molar-refractivity contribution in [3.05, 3.63) is 65.2 Å². The number of guanidine groups is 1. The van der Waals surface area contributed by atoms with E-state index >= 15 is 0 Å². The number of aryl methyl sites for hydroxylation is 1. The smallest absolute Gasteiger partial charge is 0.191 e. The van der Waals surface area contributed by atoms with E-state index in [1.165, 1.54) is 11.1 Å². The molecule has 1 aliphatic heterocycles. The number of ether oxygens (including phenoxy) is 2. The van der Waals surface area contributed by atoms with Crippen LogP contribution in [0, 0.1) is 6.92 Å². The van der Waals surface area contributed by atoms with Gasteiger partial charge < -0.3 is 20.1 Å². The molecular formula is C23H33IN4O2. The average Bonchev–Trinajstić information content (AvgIpc) is 2.77. The van der Waals surface area contributed by atoms with Crippen LogP contribution in [0.3, 0.4) is 0 Å². The lowest BCUT2D eigenvalue weighted by molar-refractivity contribution is 0.0170. The van der Waals surface area contributed by atoms with Gasteiger partial charge in [-0.05, 0) is 30.2 Å². The van der Waals surface area contributed by atoms with E-state index in [-0.39, 0.29) is 30.0 Å². The molecule has 0 radical (unpaired) electrons. The molecule has 0 amide bonds. The van der Waals surface area contributed by atoms with Crippen LogP contribution < -0.4 is 15.4 Å². The first-order valence-corrected chi connectivity index (χ1v) is 10.2. The van der Waals surface area contributed by atoms with Crippen molar-refractivity contribution in [3.63, 3.8) is 0 Å². The van der Waals surface area contributed by atoms with E-state index in [1.807, 2.05) is 18.2 Å². The quantitative estimate of drug-likeness (QED) is 0.331. The number of methoxy groups -OCH3 is 1. The SMILES string of the molecule is CN=C(NCc1cccc(OC)c1)NCC(c1cccc(C)c1)N1CCOCC1.I. The summed E-state index contributed by atoms with van der Waals surface area (Å²) in [6.45, 7) is 7.05. The molecule has 1 atom stereocenters. The monoisotopic (exact) mass is 524 g/mol. The topological polar surface area (TPSA) is 58.1 Å². The maximum absolute atomic E-state index is 5.55. The number of nitrogens with zero attached hydrogens (tertiary/aromatic N) is 2. The zero-order valence-corrected chi connectivity index (χ0v) is 20.4. The minimum atomic E-state index is 0. The summed E-state index contributed by atoms with van der Waals surface area (Å²) in [6.07, 6.45) is 0. The molecule has 1 heterocycles. The highest BCUT2D eigenvalue weighted by Crippen LogP contribution is 2.22. The van der Waals surface area contributed by atoms with Crippen LogP contribution in [-0.2, 0) is 11.3 Å². The van der Waals surface area contributed by atoms with Crippen molar-refractivity contribution in [2.75, 3.05) is 47.0 Å². The van der Waals surface area contributed by atoms with Gasteiger partial charge in [0.25, 0.3) is 0 Å². The van der Waals surface area contributed by atoms with Crippen LogP contribution in [0.5, 0.6) is 5.75 Å². The molecule has 2 N–H and O–H groups in total. The highest BCUT2D eigenvalue weighted by Gasteiger charge is 2.23. The minimum absolute atomic E-state index is 0. The lowest BCUT2D eigenvalue weighted by Gasteiger charge is -2.35. The first kappa shape index (κ1) is 24.4. The Kier molecular flexibility index (Phi) is 10.4. The lowest BCUT2D eigenvalue weighted by atomic mass is 10.0. The molecule has 1 aliphatic rings. The maximum atomic E-state index is 5.55. The van der Waals surface area contributed by atoms with Gasteiger partial charge in [-0.1, -0.05) is 42.0 Å². The van der Waals surface area contributed by atoms with Crippen molar-refractivity contribution in [1.29, 1.82) is 0 Å². The summed E-state index contributed by atoms with van der Waals surface area (Å²) >= 11 is 0. The zero-order valence-electron chi connectivity index (χ0n) is 18.1. The van der Waals surface area contributed by atoms with Crippen LogP contribution in [-0.4, -0.2) is 57.9 Å². The molecule has 0 aromatic heterocycles. The molecule has 0 aliphatic carbocycles. The van der Waals surface area contributed by atoms with Crippen molar-refractivity contribution >= 4 is 29.9 Å². The number of hydrogen-bond donors (Lipinski definition) is 2. The number of aliphatic imine (C=N–C) groups is 1. The van der Waals surface area contributed by atoms with E-state index in [4.69, 9.17) is 9.47 Å². The zero-order chi connectivity index (χ0) is 20.5. The van der Waals surface area contributed by atoms with Crippen LogP contribution >= 0.6 is 24.0 Å². The van der Waals surface area contributed by atoms with Crippen LogP contribution in [0.15, 0.2) is 53.5 Å². The maximum Gasteiger partial charge on any atom is 0.191 e. The normalized spacial score (nSPS) is 15.8. The van der Waals surface area contributed by atoms with Crippen molar-refractivity contribution in [2.24, 2.45) is 4.99 Å². The standard InChI is InChI=1S/C23H32N4O2.HI/c1-18-6-4-8-20(14-18)22(27-10-12-29-13-11-27)17-26-23(24-2)25-16-19-7-5-9-21(15-19)28-3;/h4-9,14-15,22H,10-13,16-17H2,1-3H3,(H2,24,25,26);1H. The summed E-state index contributed by atoms with van der Waals surface area (Å²) in [6, 6.07) is 17.1.